The Morgan fingerprint density at radius 2 is 0.900 bits per heavy atom. The van der Waals surface area contributed by atoms with Crippen LogP contribution in [0.1, 0.15) is 195 Å². The molecule has 6 aliphatic heterocycles. The van der Waals surface area contributed by atoms with Gasteiger partial charge in [-0.1, -0.05) is 88.4 Å². The lowest BCUT2D eigenvalue weighted by atomic mass is 9.82. The molecule has 2 saturated heterocycles. The standard InChI is InChI=1S/2C43H53F4N3O9S/c2*1-25-10-5-6-11-27-21-42(27,39(54)49-60(55,56)41(24-44)15-16-41)22-34(51)33-19-28(58-37-31-13-8-7-12-29(31)30-14-9-17-57-36(30)48-37)23-50(33)38(53)32(26(2)18-25)20-35(52)59-40(3,4)43(45,46)47/h2*6-8,11-13,25-28,32-33H,5,9-10,14-24H2,1-4H3,(H,49,54)/b2*11-6-/t25-,26+,27+,28+,32-,33-,42+;25-,26-,27-,28-,32+,33+,42-/m01/s1. The molecule has 0 bridgehead atoms. The van der Waals surface area contributed by atoms with Crippen LogP contribution in [0.5, 0.6) is 23.5 Å². The Kier molecular flexibility index (Phi) is 25.2. The number of allylic oxidation sites excluding steroid dienone is 4. The van der Waals surface area contributed by atoms with Crippen molar-refractivity contribution in [3.63, 3.8) is 0 Å². The van der Waals surface area contributed by atoms with Gasteiger partial charge in [0, 0.05) is 47.6 Å². The Bertz CT molecular complexity index is 4650. The van der Waals surface area contributed by atoms with Crippen molar-refractivity contribution in [1.82, 2.24) is 29.2 Å². The number of pyridine rings is 2. The summed E-state index contributed by atoms with van der Waals surface area (Å²) in [6.45, 7) is 8.60. The molecule has 14 rings (SSSR count). The molecule has 14 atom stereocenters. The summed E-state index contributed by atoms with van der Waals surface area (Å²) in [5.41, 5.74) is -6.81. The van der Waals surface area contributed by atoms with Crippen molar-refractivity contribution in [2.24, 2.45) is 58.2 Å². The Labute approximate surface area is 692 Å². The fourth-order valence-electron chi connectivity index (χ4n) is 18.2. The van der Waals surface area contributed by atoms with Crippen molar-refractivity contribution >= 4 is 88.7 Å². The topological polar surface area (TPSA) is 317 Å². The third-order valence-electron chi connectivity index (χ3n) is 26.6. The van der Waals surface area contributed by atoms with Gasteiger partial charge in [0.2, 0.25) is 78.4 Å². The van der Waals surface area contributed by atoms with E-state index in [0.29, 0.717) is 74.3 Å². The molecule has 656 valence electrons. The summed E-state index contributed by atoms with van der Waals surface area (Å²) in [6.07, 6.45) is 0.249. The van der Waals surface area contributed by atoms with E-state index >= 15 is 0 Å². The second-order valence-corrected chi connectivity index (χ2v) is 40.5. The van der Waals surface area contributed by atoms with Crippen molar-refractivity contribution in [2.75, 3.05) is 39.7 Å². The van der Waals surface area contributed by atoms with Crippen LogP contribution in [0.4, 0.5) is 35.1 Å². The van der Waals surface area contributed by atoms with Crippen LogP contribution in [0.25, 0.3) is 21.5 Å². The monoisotopic (exact) mass is 1730 g/mol. The highest BCUT2D eigenvalue weighted by molar-refractivity contribution is 7.92. The van der Waals surface area contributed by atoms with Gasteiger partial charge in [0.1, 0.15) is 35.1 Å². The molecule has 2 aromatic heterocycles. The number of esters is 2. The SMILES string of the molecule is C[C@@H]1CC/C=C\[C@@H]2C[C@@]2(C(=O)NS(=O)(=O)C2(CF)CC2)CC(=O)[C@@H]2C[C@@H](Oc3nc4c(c5ccccc35)CCCO4)CN2C(=O)[C@@H](CC(=O)OC(C)(C)C(F)(F)F)[C@H](C)C1.C[C@H]1CC/C=C\[C@@H]2C[C@@]2(C(=O)NS(=O)(=O)C2(CF)CC2)CC(=O)[C@@H]2C[C@@H](Oc3nc4c(c5ccccc35)CCCO4)CN2C(=O)[C@@H](CC(=O)OC(C)(C)C(F)(F)F)[C@H](C)C1. The number of fused-ring (bicyclic) bond motifs is 10. The van der Waals surface area contributed by atoms with E-state index in [2.05, 4.69) is 9.44 Å². The first-order valence-electron chi connectivity index (χ1n) is 41.7. The number of ether oxygens (including phenoxy) is 6. The molecule has 8 heterocycles. The molecular formula is C86H106F8N6O18S2. The van der Waals surface area contributed by atoms with Crippen molar-refractivity contribution in [2.45, 2.75) is 254 Å². The quantitative estimate of drug-likeness (QED) is 0.0531. The molecule has 0 radical (unpaired) electrons. The first-order chi connectivity index (χ1) is 56.4. The van der Waals surface area contributed by atoms with E-state index in [9.17, 15) is 90.3 Å². The molecule has 4 aromatic rings. The maximum atomic E-state index is 14.9. The van der Waals surface area contributed by atoms with Gasteiger partial charge in [0.15, 0.2) is 11.6 Å². The third-order valence-corrected chi connectivity index (χ3v) is 30.8. The highest BCUT2D eigenvalue weighted by Gasteiger charge is 2.66. The van der Waals surface area contributed by atoms with Gasteiger partial charge < -0.3 is 38.2 Å². The van der Waals surface area contributed by atoms with Gasteiger partial charge in [-0.05, 0) is 189 Å². The molecule has 2 aromatic carbocycles. The molecule has 0 spiro atoms. The maximum absolute atomic E-state index is 14.9. The molecule has 6 fully saturated rings. The summed E-state index contributed by atoms with van der Waals surface area (Å²) in [5, 5.41) is 3.12. The molecule has 34 heteroatoms. The number of benzene rings is 2. The summed E-state index contributed by atoms with van der Waals surface area (Å²) in [7, 11) is -8.83. The molecule has 4 amide bonds. The fraction of sp³-hybridized carbons (Fsp3) is 0.651. The number of rotatable bonds is 18. The molecular weight excluding hydrogens is 1620 g/mol. The van der Waals surface area contributed by atoms with Gasteiger partial charge >= 0.3 is 24.3 Å². The number of aryl methyl sites for hydroxylation is 2. The number of hydrogen-bond acceptors (Lipinski definition) is 20. The number of sulfonamides is 2. The minimum absolute atomic E-state index is 0.0155. The van der Waals surface area contributed by atoms with Gasteiger partial charge in [-0.15, -0.1) is 0 Å². The molecule has 120 heavy (non-hydrogen) atoms. The summed E-state index contributed by atoms with van der Waals surface area (Å²) < 4.78 is 199. The normalized spacial score (nSPS) is 30.1. The van der Waals surface area contributed by atoms with Crippen LogP contribution in [0, 0.1) is 58.2 Å². The maximum Gasteiger partial charge on any atom is 0.427 e. The first-order valence-corrected chi connectivity index (χ1v) is 44.6. The van der Waals surface area contributed by atoms with Gasteiger partial charge in [0.05, 0.1) is 73.9 Å². The van der Waals surface area contributed by atoms with E-state index in [1.165, 1.54) is 9.80 Å². The van der Waals surface area contributed by atoms with E-state index in [1.807, 2.05) is 74.5 Å². The second-order valence-electron chi connectivity index (χ2n) is 36.3. The average molecular weight is 1730 g/mol. The van der Waals surface area contributed by atoms with Crippen molar-refractivity contribution in [1.29, 1.82) is 0 Å². The number of carbonyl (C=O) groups excluding carboxylic acids is 8. The summed E-state index contributed by atoms with van der Waals surface area (Å²) >= 11 is 0. The first kappa shape index (κ1) is 89.2. The number of aromatic nitrogens is 2. The van der Waals surface area contributed by atoms with E-state index in [0.717, 1.165) is 75.3 Å². The predicted molar refractivity (Wildman–Crippen MR) is 422 cm³/mol. The zero-order valence-electron chi connectivity index (χ0n) is 68.6. The Balaban J connectivity index is 0.000000207. The minimum Gasteiger partial charge on any atom is -0.477 e. The summed E-state index contributed by atoms with van der Waals surface area (Å²) in [6, 6.07) is 12.5. The number of hydrogen-bond donors (Lipinski definition) is 2. The minimum atomic E-state index is -4.88. The highest BCUT2D eigenvalue weighted by Crippen LogP contribution is 2.60. The molecule has 24 nitrogen and oxygen atoms in total. The summed E-state index contributed by atoms with van der Waals surface area (Å²) in [5.74, 6) is -10.0. The van der Waals surface area contributed by atoms with Crippen LogP contribution in [-0.2, 0) is 80.7 Å². The summed E-state index contributed by atoms with van der Waals surface area (Å²) in [4.78, 5) is 126. The molecule has 4 aliphatic carbocycles. The third kappa shape index (κ3) is 18.3. The Morgan fingerprint density at radius 3 is 1.24 bits per heavy atom. The number of nitrogens with one attached hydrogen (secondary N) is 2. The molecule has 10 aliphatic rings. The lowest BCUT2D eigenvalue weighted by Crippen LogP contribution is -2.49. The van der Waals surface area contributed by atoms with Crippen LogP contribution in [-0.4, -0.2) is 181 Å². The molecule has 4 saturated carbocycles. The largest absolute Gasteiger partial charge is 0.477 e. The van der Waals surface area contributed by atoms with Crippen LogP contribution >= 0.6 is 0 Å². The average Bonchev–Trinajstić information content (AvgIpc) is 1.56. The number of carbonyl (C=O) groups is 8. The number of nitrogens with zero attached hydrogens (tertiary/aromatic N) is 4. The highest BCUT2D eigenvalue weighted by atomic mass is 32.2. The lowest BCUT2D eigenvalue weighted by molar-refractivity contribution is -0.257. The van der Waals surface area contributed by atoms with Crippen LogP contribution in [0.15, 0.2) is 72.8 Å². The van der Waals surface area contributed by atoms with Crippen molar-refractivity contribution in [3.05, 3.63) is 84.0 Å². The Hall–Kier alpha value is -8.56. The number of amides is 4. The van der Waals surface area contributed by atoms with Gasteiger partial charge in [-0.3, -0.25) is 47.8 Å². The van der Waals surface area contributed by atoms with E-state index in [1.54, 1.807) is 26.0 Å². The predicted octanol–water partition coefficient (Wildman–Crippen LogP) is 13.4. The van der Waals surface area contributed by atoms with Crippen LogP contribution in [0.3, 0.4) is 0 Å². The van der Waals surface area contributed by atoms with Crippen molar-refractivity contribution < 1.29 is 119 Å². The van der Waals surface area contributed by atoms with Gasteiger partial charge in [-0.25, -0.2) is 25.6 Å². The number of halogens is 8. The smallest absolute Gasteiger partial charge is 0.427 e. The zero-order chi connectivity index (χ0) is 86.8. The lowest BCUT2D eigenvalue weighted by Gasteiger charge is -2.33. The second kappa shape index (κ2) is 33.9. The van der Waals surface area contributed by atoms with E-state index in [4.69, 9.17) is 38.4 Å². The number of ketones is 2. The van der Waals surface area contributed by atoms with Crippen LogP contribution < -0.4 is 28.4 Å². The van der Waals surface area contributed by atoms with E-state index < -0.39 is 210 Å². The molecule has 0 unspecified atom stereocenters. The Morgan fingerprint density at radius 1 is 0.542 bits per heavy atom. The molecule has 2 N–H and O–H groups in total. The van der Waals surface area contributed by atoms with Crippen LogP contribution in [0.2, 0.25) is 0 Å². The number of alkyl halides is 8. The zero-order valence-corrected chi connectivity index (χ0v) is 70.3. The van der Waals surface area contributed by atoms with Crippen molar-refractivity contribution in [3.8, 4) is 23.5 Å². The fourth-order valence-corrected chi connectivity index (χ4v) is 21.1. The van der Waals surface area contributed by atoms with Gasteiger partial charge in [-0.2, -0.15) is 36.3 Å². The number of Topliss-reactive ketones (excluding diaryl/α,β-unsaturated/α-hetero) is 2. The van der Waals surface area contributed by atoms with E-state index in [-0.39, 0.29) is 88.1 Å². The van der Waals surface area contributed by atoms with Gasteiger partial charge in [0.25, 0.3) is 0 Å².